The van der Waals surface area contributed by atoms with Gasteiger partial charge in [-0.05, 0) is 22.0 Å². The number of nitrogens with two attached hydrogens (primary N) is 1. The Morgan fingerprint density at radius 1 is 1.58 bits per heavy atom. The van der Waals surface area contributed by atoms with Gasteiger partial charge in [0.2, 0.25) is 0 Å². The normalized spacial score (nSPS) is 10.7. The maximum absolute atomic E-state index is 12.1. The van der Waals surface area contributed by atoms with E-state index in [2.05, 4.69) is 15.9 Å². The van der Waals surface area contributed by atoms with Crippen LogP contribution in [-0.4, -0.2) is 4.98 Å². The minimum atomic E-state index is -2.76. The van der Waals surface area contributed by atoms with Crippen molar-refractivity contribution >= 4 is 21.6 Å². The molecule has 1 heterocycles. The number of H-pyrrole nitrogens is 1. The smallest absolute Gasteiger partial charge is 0.280 e. The molecule has 6 heteroatoms. The number of alkyl halides is 2. The zero-order valence-corrected chi connectivity index (χ0v) is 7.36. The first-order valence-electron chi connectivity index (χ1n) is 2.98. The van der Waals surface area contributed by atoms with Crippen molar-refractivity contribution in [2.75, 3.05) is 5.73 Å². The zero-order valence-electron chi connectivity index (χ0n) is 5.77. The minimum Gasteiger partial charge on any atom is -0.397 e. The predicted molar refractivity (Wildman–Crippen MR) is 44.1 cm³/mol. The Morgan fingerprint density at radius 2 is 2.17 bits per heavy atom. The van der Waals surface area contributed by atoms with Gasteiger partial charge in [-0.1, -0.05) is 0 Å². The van der Waals surface area contributed by atoms with Gasteiger partial charge in [-0.25, -0.2) is 8.78 Å². The Morgan fingerprint density at radius 3 is 2.67 bits per heavy atom. The van der Waals surface area contributed by atoms with Gasteiger partial charge in [-0.3, -0.25) is 4.79 Å². The number of aromatic nitrogens is 1. The predicted octanol–water partition coefficient (Wildman–Crippen LogP) is 1.66. The number of nitrogen functional groups attached to an aromatic ring is 1. The second kappa shape index (κ2) is 3.22. The topological polar surface area (TPSA) is 58.9 Å². The minimum absolute atomic E-state index is 0.128. The Labute approximate surface area is 74.7 Å². The summed E-state index contributed by atoms with van der Waals surface area (Å²) in [7, 11) is 0. The van der Waals surface area contributed by atoms with Crippen LogP contribution < -0.4 is 11.3 Å². The number of anilines is 1. The third kappa shape index (κ3) is 1.63. The lowest BCUT2D eigenvalue weighted by Crippen LogP contribution is -2.12. The summed E-state index contributed by atoms with van der Waals surface area (Å²) in [4.78, 5) is 12.8. The fourth-order valence-corrected chi connectivity index (χ4v) is 1.06. The van der Waals surface area contributed by atoms with Gasteiger partial charge in [0.05, 0.1) is 10.2 Å². The molecule has 0 aliphatic heterocycles. The van der Waals surface area contributed by atoms with Crippen molar-refractivity contribution in [2.45, 2.75) is 6.43 Å². The molecule has 0 spiro atoms. The van der Waals surface area contributed by atoms with E-state index in [-0.39, 0.29) is 10.2 Å². The summed E-state index contributed by atoms with van der Waals surface area (Å²) < 4.78 is 24.3. The Balaban J connectivity index is 3.33. The van der Waals surface area contributed by atoms with Gasteiger partial charge in [0.25, 0.3) is 12.0 Å². The van der Waals surface area contributed by atoms with Crippen LogP contribution in [0.2, 0.25) is 0 Å². The second-order valence-electron chi connectivity index (χ2n) is 2.12. The molecule has 0 bridgehead atoms. The van der Waals surface area contributed by atoms with Gasteiger partial charge < -0.3 is 10.7 Å². The molecule has 12 heavy (non-hydrogen) atoms. The van der Waals surface area contributed by atoms with Gasteiger partial charge in [0, 0.05) is 0 Å². The lowest BCUT2D eigenvalue weighted by atomic mass is 10.3. The van der Waals surface area contributed by atoms with Crippen molar-refractivity contribution in [2.24, 2.45) is 0 Å². The monoisotopic (exact) mass is 238 g/mol. The van der Waals surface area contributed by atoms with Crippen molar-refractivity contribution in [3.05, 3.63) is 26.6 Å². The van der Waals surface area contributed by atoms with Crippen LogP contribution in [0.5, 0.6) is 0 Å². The summed E-state index contributed by atoms with van der Waals surface area (Å²) in [5.74, 6) is 0. The average Bonchev–Trinajstić information content (AvgIpc) is 1.96. The molecule has 0 aromatic carbocycles. The fraction of sp³-hybridized carbons (Fsp3) is 0.167. The second-order valence-corrected chi connectivity index (χ2v) is 2.97. The van der Waals surface area contributed by atoms with E-state index in [0.717, 1.165) is 6.07 Å². The first-order chi connectivity index (χ1) is 5.52. The number of nitrogens with one attached hydrogen (secondary N) is 1. The lowest BCUT2D eigenvalue weighted by Gasteiger charge is -2.03. The lowest BCUT2D eigenvalue weighted by molar-refractivity contribution is 0.146. The van der Waals surface area contributed by atoms with Gasteiger partial charge in [-0.15, -0.1) is 0 Å². The molecule has 0 saturated heterocycles. The van der Waals surface area contributed by atoms with Crippen molar-refractivity contribution in [3.63, 3.8) is 0 Å². The van der Waals surface area contributed by atoms with Crippen LogP contribution in [0, 0.1) is 0 Å². The van der Waals surface area contributed by atoms with E-state index in [9.17, 15) is 13.6 Å². The number of hydrogen-bond acceptors (Lipinski definition) is 2. The summed E-state index contributed by atoms with van der Waals surface area (Å²) in [5.41, 5.74) is 3.93. The highest BCUT2D eigenvalue weighted by Crippen LogP contribution is 2.22. The molecule has 0 unspecified atom stereocenters. The molecule has 0 saturated carbocycles. The molecule has 0 aliphatic rings. The molecule has 0 fully saturated rings. The molecule has 0 aliphatic carbocycles. The van der Waals surface area contributed by atoms with Crippen LogP contribution >= 0.6 is 15.9 Å². The zero-order chi connectivity index (χ0) is 9.30. The molecule has 0 radical (unpaired) electrons. The first-order valence-corrected chi connectivity index (χ1v) is 3.78. The van der Waals surface area contributed by atoms with Gasteiger partial charge in [-0.2, -0.15) is 0 Å². The molecule has 1 rings (SSSR count). The van der Waals surface area contributed by atoms with Crippen LogP contribution in [0.25, 0.3) is 0 Å². The van der Waals surface area contributed by atoms with Crippen molar-refractivity contribution in [3.8, 4) is 0 Å². The molecule has 1 aromatic rings. The summed E-state index contributed by atoms with van der Waals surface area (Å²) in [6.45, 7) is 0. The van der Waals surface area contributed by atoms with Crippen LogP contribution in [-0.2, 0) is 0 Å². The average molecular weight is 239 g/mol. The third-order valence-electron chi connectivity index (χ3n) is 1.28. The van der Waals surface area contributed by atoms with E-state index in [1.165, 1.54) is 0 Å². The van der Waals surface area contributed by atoms with E-state index in [0.29, 0.717) is 0 Å². The van der Waals surface area contributed by atoms with Gasteiger partial charge >= 0.3 is 0 Å². The molecule has 0 atom stereocenters. The highest BCUT2D eigenvalue weighted by atomic mass is 79.9. The molecule has 66 valence electrons. The SMILES string of the molecule is Nc1cc(Br)c(=O)[nH]c1C(F)F. The largest absolute Gasteiger partial charge is 0.397 e. The Hall–Kier alpha value is -0.910. The van der Waals surface area contributed by atoms with Crippen LogP contribution in [0.1, 0.15) is 12.1 Å². The quantitative estimate of drug-likeness (QED) is 0.782. The van der Waals surface area contributed by atoms with Crippen LogP contribution in [0.15, 0.2) is 15.3 Å². The van der Waals surface area contributed by atoms with Crippen LogP contribution in [0.3, 0.4) is 0 Å². The maximum Gasteiger partial charge on any atom is 0.280 e. The molecule has 3 N–H and O–H groups in total. The Kier molecular flexibility index (Phi) is 2.46. The van der Waals surface area contributed by atoms with Crippen molar-refractivity contribution < 1.29 is 8.78 Å². The number of hydrogen-bond donors (Lipinski definition) is 2. The number of pyridine rings is 1. The van der Waals surface area contributed by atoms with E-state index in [1.807, 2.05) is 4.98 Å². The number of rotatable bonds is 1. The highest BCUT2D eigenvalue weighted by molar-refractivity contribution is 9.10. The van der Waals surface area contributed by atoms with Gasteiger partial charge in [0.15, 0.2) is 0 Å². The van der Waals surface area contributed by atoms with E-state index in [1.54, 1.807) is 0 Å². The molecular formula is C6H5BrF2N2O. The summed E-state index contributed by atoms with van der Waals surface area (Å²) in [6, 6.07) is 1.15. The Bertz CT molecular complexity index is 350. The van der Waals surface area contributed by atoms with Crippen molar-refractivity contribution in [1.29, 1.82) is 0 Å². The van der Waals surface area contributed by atoms with E-state index >= 15 is 0 Å². The summed E-state index contributed by atoms with van der Waals surface area (Å²) in [6.07, 6.45) is -2.76. The van der Waals surface area contributed by atoms with Gasteiger partial charge in [0.1, 0.15) is 5.69 Å². The van der Waals surface area contributed by atoms with E-state index in [4.69, 9.17) is 5.73 Å². The molecule has 3 nitrogen and oxygen atoms in total. The number of aromatic amines is 1. The molecular weight excluding hydrogens is 234 g/mol. The molecule has 0 amide bonds. The maximum atomic E-state index is 12.1. The van der Waals surface area contributed by atoms with Crippen molar-refractivity contribution in [1.82, 2.24) is 4.98 Å². The number of halogens is 3. The summed E-state index contributed by atoms with van der Waals surface area (Å²) in [5, 5.41) is 0. The van der Waals surface area contributed by atoms with E-state index < -0.39 is 17.7 Å². The first kappa shape index (κ1) is 9.18. The highest BCUT2D eigenvalue weighted by Gasteiger charge is 2.13. The fourth-order valence-electron chi connectivity index (χ4n) is 0.715. The standard InChI is InChI=1S/C6H5BrF2N2O/c7-2-1-3(10)4(5(8)9)11-6(2)12/h1,5H,10H2,(H,11,12). The summed E-state index contributed by atoms with van der Waals surface area (Å²) >= 11 is 2.86. The molecule has 1 aromatic heterocycles. The van der Waals surface area contributed by atoms with Crippen LogP contribution in [0.4, 0.5) is 14.5 Å². The third-order valence-corrected chi connectivity index (χ3v) is 1.87.